The van der Waals surface area contributed by atoms with Crippen LogP contribution < -0.4 is 0 Å². The Balaban J connectivity index is 2.96. The van der Waals surface area contributed by atoms with E-state index in [1.54, 1.807) is 12.1 Å². The fourth-order valence-electron chi connectivity index (χ4n) is 1.97. The van der Waals surface area contributed by atoms with Gasteiger partial charge in [0.1, 0.15) is 5.82 Å². The van der Waals surface area contributed by atoms with Gasteiger partial charge >= 0.3 is 0 Å². The molecule has 0 aliphatic carbocycles. The summed E-state index contributed by atoms with van der Waals surface area (Å²) in [4.78, 5) is 0. The van der Waals surface area contributed by atoms with Crippen LogP contribution in [0.25, 0.3) is 0 Å². The van der Waals surface area contributed by atoms with Crippen LogP contribution in [-0.4, -0.2) is 10.7 Å². The average molecular weight is 387 g/mol. The van der Waals surface area contributed by atoms with Gasteiger partial charge in [-0.25, -0.2) is 4.39 Å². The maximum Gasteiger partial charge on any atom is 0.126 e. The first kappa shape index (κ1) is 15.5. The molecule has 0 amide bonds. The third-order valence-corrected chi connectivity index (χ3v) is 5.53. The second-order valence-corrected chi connectivity index (χ2v) is 5.99. The average Bonchev–Trinajstić information content (AvgIpc) is 2.33. The van der Waals surface area contributed by atoms with Gasteiger partial charge in [0.2, 0.25) is 0 Å². The van der Waals surface area contributed by atoms with Gasteiger partial charge in [0.15, 0.2) is 0 Å². The standard InChI is InChI=1S/C13H16Br2ClF/c1-2-5-13(8-14,9-15)7-10-6-11(16)3-4-12(10)17/h3-4,6H,2,5,7-9H2,1H3. The predicted octanol–water partition coefficient (Wildman–Crippen LogP) is 5.60. The first-order valence-corrected chi connectivity index (χ1v) is 8.25. The molecule has 1 aromatic carbocycles. The van der Waals surface area contributed by atoms with Crippen molar-refractivity contribution in [1.82, 2.24) is 0 Å². The second-order valence-electron chi connectivity index (χ2n) is 4.43. The third-order valence-electron chi connectivity index (χ3n) is 2.92. The van der Waals surface area contributed by atoms with Crippen LogP contribution in [0.3, 0.4) is 0 Å². The molecule has 0 aliphatic heterocycles. The topological polar surface area (TPSA) is 0 Å². The van der Waals surface area contributed by atoms with Crippen molar-refractivity contribution in [3.8, 4) is 0 Å². The second kappa shape index (κ2) is 7.10. The Morgan fingerprint density at radius 2 is 1.94 bits per heavy atom. The van der Waals surface area contributed by atoms with E-state index >= 15 is 0 Å². The zero-order valence-electron chi connectivity index (χ0n) is 9.78. The van der Waals surface area contributed by atoms with Crippen molar-refractivity contribution in [2.75, 3.05) is 10.7 Å². The van der Waals surface area contributed by atoms with E-state index in [9.17, 15) is 4.39 Å². The van der Waals surface area contributed by atoms with Crippen molar-refractivity contribution in [1.29, 1.82) is 0 Å². The molecule has 96 valence electrons. The summed E-state index contributed by atoms with van der Waals surface area (Å²) in [5, 5.41) is 2.30. The molecule has 0 unspecified atom stereocenters. The molecular formula is C13H16Br2ClF. The van der Waals surface area contributed by atoms with Gasteiger partial charge in [-0.15, -0.1) is 0 Å². The van der Waals surface area contributed by atoms with E-state index in [4.69, 9.17) is 11.6 Å². The van der Waals surface area contributed by atoms with Gasteiger partial charge < -0.3 is 0 Å². The molecular weight excluding hydrogens is 370 g/mol. The van der Waals surface area contributed by atoms with Crippen LogP contribution in [0, 0.1) is 11.2 Å². The van der Waals surface area contributed by atoms with Crippen molar-refractivity contribution in [2.45, 2.75) is 26.2 Å². The largest absolute Gasteiger partial charge is 0.207 e. The first-order chi connectivity index (χ1) is 8.06. The molecule has 1 rings (SSSR count). The third kappa shape index (κ3) is 4.22. The Morgan fingerprint density at radius 3 is 2.47 bits per heavy atom. The lowest BCUT2D eigenvalue weighted by atomic mass is 9.81. The molecule has 0 aromatic heterocycles. The Bertz CT molecular complexity index is 364. The molecule has 0 bridgehead atoms. The van der Waals surface area contributed by atoms with Gasteiger partial charge in [0, 0.05) is 15.7 Å². The van der Waals surface area contributed by atoms with E-state index in [-0.39, 0.29) is 11.2 Å². The van der Waals surface area contributed by atoms with Crippen molar-refractivity contribution in [3.05, 3.63) is 34.6 Å². The lowest BCUT2D eigenvalue weighted by Gasteiger charge is -2.30. The van der Waals surface area contributed by atoms with Crippen molar-refractivity contribution >= 4 is 43.5 Å². The Hall–Kier alpha value is 0.400. The highest BCUT2D eigenvalue weighted by Gasteiger charge is 2.28. The summed E-state index contributed by atoms with van der Waals surface area (Å²) >= 11 is 13.0. The van der Waals surface area contributed by atoms with Crippen LogP contribution in [0.5, 0.6) is 0 Å². The molecule has 0 saturated carbocycles. The van der Waals surface area contributed by atoms with Crippen LogP contribution in [-0.2, 0) is 6.42 Å². The minimum atomic E-state index is -0.170. The van der Waals surface area contributed by atoms with Crippen LogP contribution in [0.2, 0.25) is 5.02 Å². The molecule has 1 aromatic rings. The van der Waals surface area contributed by atoms with Gasteiger partial charge in [-0.05, 0) is 42.0 Å². The quantitative estimate of drug-likeness (QED) is 0.559. The lowest BCUT2D eigenvalue weighted by molar-refractivity contribution is 0.346. The smallest absolute Gasteiger partial charge is 0.126 e. The predicted molar refractivity (Wildman–Crippen MR) is 80.0 cm³/mol. The molecule has 0 nitrogen and oxygen atoms in total. The maximum absolute atomic E-state index is 13.7. The fourth-order valence-corrected chi connectivity index (χ4v) is 4.05. The van der Waals surface area contributed by atoms with Gasteiger partial charge in [-0.2, -0.15) is 0 Å². The normalized spacial score (nSPS) is 11.8. The number of hydrogen-bond donors (Lipinski definition) is 0. The zero-order valence-corrected chi connectivity index (χ0v) is 13.7. The lowest BCUT2D eigenvalue weighted by Crippen LogP contribution is -2.28. The van der Waals surface area contributed by atoms with Gasteiger partial charge in [-0.3, -0.25) is 0 Å². The maximum atomic E-state index is 13.7. The molecule has 4 heteroatoms. The number of halogens is 4. The van der Waals surface area contributed by atoms with Gasteiger partial charge in [-0.1, -0.05) is 56.8 Å². The van der Waals surface area contributed by atoms with Crippen molar-refractivity contribution in [2.24, 2.45) is 5.41 Å². The Kier molecular flexibility index (Phi) is 6.46. The monoisotopic (exact) mass is 384 g/mol. The number of hydrogen-bond acceptors (Lipinski definition) is 0. The summed E-state index contributed by atoms with van der Waals surface area (Å²) in [6, 6.07) is 4.76. The molecule has 0 atom stereocenters. The summed E-state index contributed by atoms with van der Waals surface area (Å²) in [6.45, 7) is 2.15. The first-order valence-electron chi connectivity index (χ1n) is 5.63. The minimum Gasteiger partial charge on any atom is -0.207 e. The molecule has 0 N–H and O–H groups in total. The molecule has 0 aliphatic rings. The summed E-state index contributed by atoms with van der Waals surface area (Å²) in [6.07, 6.45) is 2.83. The summed E-state index contributed by atoms with van der Waals surface area (Å²) in [5.41, 5.74) is 0.755. The fraction of sp³-hybridized carbons (Fsp3) is 0.538. The van der Waals surface area contributed by atoms with Crippen LogP contribution in [0.4, 0.5) is 4.39 Å². The number of rotatable bonds is 6. The van der Waals surface area contributed by atoms with E-state index in [0.717, 1.165) is 23.5 Å². The Morgan fingerprint density at radius 1 is 1.29 bits per heavy atom. The highest BCUT2D eigenvalue weighted by atomic mass is 79.9. The molecule has 0 spiro atoms. The van der Waals surface area contributed by atoms with E-state index < -0.39 is 0 Å². The van der Waals surface area contributed by atoms with E-state index in [1.807, 2.05) is 0 Å². The van der Waals surface area contributed by atoms with Crippen molar-refractivity contribution in [3.63, 3.8) is 0 Å². The summed E-state index contributed by atoms with van der Waals surface area (Å²) < 4.78 is 13.7. The van der Waals surface area contributed by atoms with E-state index in [1.165, 1.54) is 6.07 Å². The molecule has 0 radical (unpaired) electrons. The van der Waals surface area contributed by atoms with Crippen LogP contribution >= 0.6 is 43.5 Å². The van der Waals surface area contributed by atoms with Crippen LogP contribution in [0.15, 0.2) is 18.2 Å². The summed E-state index contributed by atoms with van der Waals surface area (Å²) in [7, 11) is 0. The molecule has 0 fully saturated rings. The molecule has 0 heterocycles. The minimum absolute atomic E-state index is 0.0558. The van der Waals surface area contributed by atoms with Crippen molar-refractivity contribution < 1.29 is 4.39 Å². The van der Waals surface area contributed by atoms with Crippen LogP contribution in [0.1, 0.15) is 25.3 Å². The van der Waals surface area contributed by atoms with Gasteiger partial charge in [0.25, 0.3) is 0 Å². The Labute approximate surface area is 124 Å². The highest BCUT2D eigenvalue weighted by molar-refractivity contribution is 9.09. The van der Waals surface area contributed by atoms with E-state index in [2.05, 4.69) is 38.8 Å². The van der Waals surface area contributed by atoms with Gasteiger partial charge in [0.05, 0.1) is 0 Å². The number of alkyl halides is 2. The SMILES string of the molecule is CCCC(CBr)(CBr)Cc1cc(Cl)ccc1F. The zero-order chi connectivity index (χ0) is 12.9. The number of benzene rings is 1. The highest BCUT2D eigenvalue weighted by Crippen LogP contribution is 2.34. The molecule has 0 saturated heterocycles. The van der Waals surface area contributed by atoms with E-state index in [0.29, 0.717) is 17.0 Å². The summed E-state index contributed by atoms with van der Waals surface area (Å²) in [5.74, 6) is -0.170. The molecule has 17 heavy (non-hydrogen) atoms.